The molecule has 2 rings (SSSR count). The van der Waals surface area contributed by atoms with E-state index >= 15 is 0 Å². The smallest absolute Gasteiger partial charge is 0.261 e. The van der Waals surface area contributed by atoms with E-state index in [1.807, 2.05) is 0 Å². The third-order valence-corrected chi connectivity index (χ3v) is 4.49. The first kappa shape index (κ1) is 16.0. The number of rotatable bonds is 4. The number of nitrogens with one attached hydrogen (secondary N) is 1. The molecule has 0 saturated carbocycles. The zero-order valence-corrected chi connectivity index (χ0v) is 12.9. The number of para-hydroxylation sites is 2. The predicted octanol–water partition coefficient (Wildman–Crippen LogP) is 2.61. The molecule has 1 N–H and O–H groups in total. The van der Waals surface area contributed by atoms with Crippen LogP contribution in [0.5, 0.6) is 0 Å². The summed E-state index contributed by atoms with van der Waals surface area (Å²) in [7, 11) is -2.32. The van der Waals surface area contributed by atoms with Crippen molar-refractivity contribution in [3.63, 3.8) is 0 Å². The number of carbonyl (C=O) groups is 1. The van der Waals surface area contributed by atoms with Gasteiger partial charge >= 0.3 is 0 Å². The fourth-order valence-electron chi connectivity index (χ4n) is 1.84. The van der Waals surface area contributed by atoms with Crippen molar-refractivity contribution in [1.29, 1.82) is 0 Å². The Kier molecular flexibility index (Phi) is 4.46. The number of benzene rings is 2. The number of nitrogens with zero attached hydrogens (tertiary/aromatic N) is 1. The number of anilines is 2. The SMILES string of the molecule is CC(=O)N(C)c1ccccc1NS(=O)(=O)c1ccc(F)cc1. The van der Waals surface area contributed by atoms with Crippen molar-refractivity contribution in [3.05, 3.63) is 54.3 Å². The molecule has 7 heteroatoms. The third kappa shape index (κ3) is 3.43. The van der Waals surface area contributed by atoms with Crippen LogP contribution in [-0.4, -0.2) is 21.4 Å². The van der Waals surface area contributed by atoms with Crippen molar-refractivity contribution < 1.29 is 17.6 Å². The van der Waals surface area contributed by atoms with E-state index in [9.17, 15) is 17.6 Å². The second kappa shape index (κ2) is 6.15. The Balaban J connectivity index is 2.38. The van der Waals surface area contributed by atoms with Crippen LogP contribution in [0.15, 0.2) is 53.4 Å². The van der Waals surface area contributed by atoms with Gasteiger partial charge in [0.15, 0.2) is 0 Å². The normalized spacial score (nSPS) is 11.0. The van der Waals surface area contributed by atoms with E-state index in [1.165, 1.54) is 24.0 Å². The third-order valence-electron chi connectivity index (χ3n) is 3.11. The number of hydrogen-bond acceptors (Lipinski definition) is 3. The summed E-state index contributed by atoms with van der Waals surface area (Å²) < 4.78 is 40.0. The maximum atomic E-state index is 12.9. The van der Waals surface area contributed by atoms with Crippen LogP contribution in [0.3, 0.4) is 0 Å². The van der Waals surface area contributed by atoms with Gasteiger partial charge in [0.05, 0.1) is 16.3 Å². The van der Waals surface area contributed by atoms with E-state index < -0.39 is 15.8 Å². The number of hydrogen-bond donors (Lipinski definition) is 1. The lowest BCUT2D eigenvalue weighted by atomic mass is 10.2. The van der Waals surface area contributed by atoms with Crippen LogP contribution in [0, 0.1) is 5.82 Å². The molecule has 0 aliphatic carbocycles. The van der Waals surface area contributed by atoms with Crippen LogP contribution in [0.25, 0.3) is 0 Å². The Bertz CT molecular complexity index is 789. The average molecular weight is 322 g/mol. The fraction of sp³-hybridized carbons (Fsp3) is 0.133. The molecule has 2 aromatic rings. The second-order valence-electron chi connectivity index (χ2n) is 4.65. The predicted molar refractivity (Wildman–Crippen MR) is 82.7 cm³/mol. The van der Waals surface area contributed by atoms with Crippen molar-refractivity contribution >= 4 is 27.3 Å². The second-order valence-corrected chi connectivity index (χ2v) is 6.34. The molecule has 0 aliphatic heterocycles. The summed E-state index contributed by atoms with van der Waals surface area (Å²) in [6.45, 7) is 1.38. The van der Waals surface area contributed by atoms with Gasteiger partial charge in [-0.2, -0.15) is 0 Å². The minimum Gasteiger partial charge on any atom is -0.314 e. The van der Waals surface area contributed by atoms with Crippen LogP contribution in [0.2, 0.25) is 0 Å². The van der Waals surface area contributed by atoms with Crippen LogP contribution >= 0.6 is 0 Å². The molecule has 22 heavy (non-hydrogen) atoms. The monoisotopic (exact) mass is 322 g/mol. The van der Waals surface area contributed by atoms with Gasteiger partial charge in [0, 0.05) is 14.0 Å². The summed E-state index contributed by atoms with van der Waals surface area (Å²) in [6, 6.07) is 11.0. The molecule has 5 nitrogen and oxygen atoms in total. The number of halogens is 1. The Morgan fingerprint density at radius 1 is 1.09 bits per heavy atom. The summed E-state index contributed by atoms with van der Waals surface area (Å²) in [4.78, 5) is 12.8. The van der Waals surface area contributed by atoms with Gasteiger partial charge in [-0.15, -0.1) is 0 Å². The summed E-state index contributed by atoms with van der Waals surface area (Å²) in [5.41, 5.74) is 0.699. The van der Waals surface area contributed by atoms with E-state index in [2.05, 4.69) is 4.72 Å². The Hall–Kier alpha value is -2.41. The minimum atomic E-state index is -3.87. The lowest BCUT2D eigenvalue weighted by molar-refractivity contribution is -0.116. The number of carbonyl (C=O) groups excluding carboxylic acids is 1. The summed E-state index contributed by atoms with van der Waals surface area (Å²) in [6.07, 6.45) is 0. The van der Waals surface area contributed by atoms with Crippen molar-refractivity contribution in [1.82, 2.24) is 0 Å². The average Bonchev–Trinajstić information content (AvgIpc) is 2.47. The summed E-state index contributed by atoms with van der Waals surface area (Å²) in [5, 5.41) is 0. The quantitative estimate of drug-likeness (QED) is 0.941. The molecule has 0 heterocycles. The number of sulfonamides is 1. The molecule has 2 aromatic carbocycles. The zero-order chi connectivity index (χ0) is 16.3. The molecule has 0 bridgehead atoms. The Morgan fingerprint density at radius 3 is 2.27 bits per heavy atom. The van der Waals surface area contributed by atoms with E-state index in [1.54, 1.807) is 31.3 Å². The van der Waals surface area contributed by atoms with Crippen molar-refractivity contribution in [2.45, 2.75) is 11.8 Å². The first-order chi connectivity index (χ1) is 10.3. The maximum absolute atomic E-state index is 12.9. The van der Waals surface area contributed by atoms with Crippen molar-refractivity contribution in [2.24, 2.45) is 0 Å². The molecule has 1 amide bonds. The van der Waals surface area contributed by atoms with Crippen LogP contribution < -0.4 is 9.62 Å². The van der Waals surface area contributed by atoms with Gasteiger partial charge < -0.3 is 4.90 Å². The summed E-state index contributed by atoms with van der Waals surface area (Å²) in [5.74, 6) is -0.746. The van der Waals surface area contributed by atoms with Gasteiger partial charge in [-0.3, -0.25) is 9.52 Å². The largest absolute Gasteiger partial charge is 0.314 e. The number of amides is 1. The molecule has 0 aromatic heterocycles. The van der Waals surface area contributed by atoms with Gasteiger partial charge in [-0.25, -0.2) is 12.8 Å². The molecule has 0 fully saturated rings. The van der Waals surface area contributed by atoms with Gasteiger partial charge in [0.25, 0.3) is 10.0 Å². The Morgan fingerprint density at radius 2 is 1.68 bits per heavy atom. The molecule has 0 aliphatic rings. The first-order valence-corrected chi connectivity index (χ1v) is 7.91. The molecular weight excluding hydrogens is 307 g/mol. The van der Waals surface area contributed by atoms with E-state index in [4.69, 9.17) is 0 Å². The summed E-state index contributed by atoms with van der Waals surface area (Å²) >= 11 is 0. The van der Waals surface area contributed by atoms with E-state index in [0.717, 1.165) is 12.1 Å². The molecule has 0 radical (unpaired) electrons. The molecule has 0 unspecified atom stereocenters. The van der Waals surface area contributed by atoms with Gasteiger partial charge in [0.2, 0.25) is 5.91 Å². The molecule has 0 spiro atoms. The fourth-order valence-corrected chi connectivity index (χ4v) is 2.91. The van der Waals surface area contributed by atoms with E-state index in [-0.39, 0.29) is 16.5 Å². The molecule has 116 valence electrons. The van der Waals surface area contributed by atoms with Gasteiger partial charge in [-0.1, -0.05) is 12.1 Å². The minimum absolute atomic E-state index is 0.0609. The molecular formula is C15H15FN2O3S. The standard InChI is InChI=1S/C15H15FN2O3S/c1-11(19)18(2)15-6-4-3-5-14(15)17-22(20,21)13-9-7-12(16)8-10-13/h3-10,17H,1-2H3. The topological polar surface area (TPSA) is 66.5 Å². The zero-order valence-electron chi connectivity index (χ0n) is 12.1. The lowest BCUT2D eigenvalue weighted by Crippen LogP contribution is -2.25. The highest BCUT2D eigenvalue weighted by Gasteiger charge is 2.18. The maximum Gasteiger partial charge on any atom is 0.261 e. The van der Waals surface area contributed by atoms with Gasteiger partial charge in [0.1, 0.15) is 5.82 Å². The first-order valence-electron chi connectivity index (χ1n) is 6.43. The molecule has 0 saturated heterocycles. The Labute approximate surface area is 128 Å². The van der Waals surface area contributed by atoms with Gasteiger partial charge in [-0.05, 0) is 36.4 Å². The molecule has 0 atom stereocenters. The van der Waals surface area contributed by atoms with Crippen LogP contribution in [0.4, 0.5) is 15.8 Å². The highest BCUT2D eigenvalue weighted by Crippen LogP contribution is 2.27. The van der Waals surface area contributed by atoms with Crippen molar-refractivity contribution in [3.8, 4) is 0 Å². The van der Waals surface area contributed by atoms with Crippen molar-refractivity contribution in [2.75, 3.05) is 16.7 Å². The van der Waals surface area contributed by atoms with E-state index in [0.29, 0.717) is 5.69 Å². The lowest BCUT2D eigenvalue weighted by Gasteiger charge is -2.19. The van der Waals surface area contributed by atoms with Crippen LogP contribution in [-0.2, 0) is 14.8 Å². The highest BCUT2D eigenvalue weighted by molar-refractivity contribution is 7.92. The van der Waals surface area contributed by atoms with Crippen LogP contribution in [0.1, 0.15) is 6.92 Å². The highest BCUT2D eigenvalue weighted by atomic mass is 32.2.